The van der Waals surface area contributed by atoms with Gasteiger partial charge in [0.25, 0.3) is 0 Å². The van der Waals surface area contributed by atoms with Gasteiger partial charge in [0.05, 0.1) is 5.60 Å². The van der Waals surface area contributed by atoms with Crippen molar-refractivity contribution >= 4 is 6.29 Å². The van der Waals surface area contributed by atoms with E-state index < -0.39 is 5.60 Å². The lowest BCUT2D eigenvalue weighted by Gasteiger charge is -2.32. The maximum atomic E-state index is 11.0. The lowest BCUT2D eigenvalue weighted by atomic mass is 9.80. The van der Waals surface area contributed by atoms with Gasteiger partial charge in [-0.3, -0.25) is 4.79 Å². The number of hydrogen-bond donors (Lipinski definition) is 1. The molecule has 24 heavy (non-hydrogen) atoms. The van der Waals surface area contributed by atoms with Crippen molar-refractivity contribution in [3.63, 3.8) is 0 Å². The van der Waals surface area contributed by atoms with E-state index in [0.717, 1.165) is 44.1 Å². The van der Waals surface area contributed by atoms with Crippen molar-refractivity contribution in [1.29, 1.82) is 0 Å². The van der Waals surface area contributed by atoms with Crippen LogP contribution in [0.4, 0.5) is 0 Å². The molecule has 0 spiro atoms. The SMILES string of the molecule is CC.CCCC(C)(O)C1=C(COc2cccnc2C=O)CCCC1. The van der Waals surface area contributed by atoms with E-state index in [0.29, 0.717) is 24.3 Å². The third-order valence-electron chi connectivity index (χ3n) is 4.28. The number of rotatable bonds is 7. The molecule has 0 amide bonds. The fourth-order valence-corrected chi connectivity index (χ4v) is 3.19. The fourth-order valence-electron chi connectivity index (χ4n) is 3.19. The third kappa shape index (κ3) is 5.45. The molecule has 1 heterocycles. The van der Waals surface area contributed by atoms with Gasteiger partial charge in [0.1, 0.15) is 18.1 Å². The number of nitrogens with zero attached hydrogens (tertiary/aromatic N) is 1. The van der Waals surface area contributed by atoms with E-state index >= 15 is 0 Å². The van der Waals surface area contributed by atoms with E-state index in [1.165, 1.54) is 5.57 Å². The van der Waals surface area contributed by atoms with Crippen LogP contribution in [0, 0.1) is 0 Å². The molecular formula is C20H31NO3. The fraction of sp³-hybridized carbons (Fsp3) is 0.600. The molecule has 1 aromatic rings. The van der Waals surface area contributed by atoms with Crippen molar-refractivity contribution in [3.8, 4) is 5.75 Å². The molecule has 1 N–H and O–H groups in total. The smallest absolute Gasteiger partial charge is 0.172 e. The molecule has 4 nitrogen and oxygen atoms in total. The summed E-state index contributed by atoms with van der Waals surface area (Å²) in [4.78, 5) is 15.0. The molecule has 0 saturated heterocycles. The van der Waals surface area contributed by atoms with Crippen LogP contribution in [0.2, 0.25) is 0 Å². The molecule has 1 aliphatic rings. The summed E-state index contributed by atoms with van der Waals surface area (Å²) in [6, 6.07) is 3.51. The van der Waals surface area contributed by atoms with Crippen LogP contribution < -0.4 is 4.74 Å². The first kappa shape index (κ1) is 20.4. The summed E-state index contributed by atoms with van der Waals surface area (Å²) < 4.78 is 5.81. The number of hydrogen-bond acceptors (Lipinski definition) is 4. The minimum absolute atomic E-state index is 0.320. The van der Waals surface area contributed by atoms with Crippen molar-refractivity contribution in [2.75, 3.05) is 6.61 Å². The molecule has 0 fully saturated rings. The van der Waals surface area contributed by atoms with Crippen molar-refractivity contribution in [2.24, 2.45) is 0 Å². The van der Waals surface area contributed by atoms with Crippen LogP contribution in [0.5, 0.6) is 5.75 Å². The van der Waals surface area contributed by atoms with E-state index in [1.54, 1.807) is 18.3 Å². The summed E-state index contributed by atoms with van der Waals surface area (Å²) in [6.45, 7) is 8.40. The Morgan fingerprint density at radius 1 is 1.33 bits per heavy atom. The minimum Gasteiger partial charge on any atom is -0.487 e. The Kier molecular flexibility index (Phi) is 8.69. The number of pyridine rings is 1. The van der Waals surface area contributed by atoms with Crippen molar-refractivity contribution < 1.29 is 14.6 Å². The molecule has 1 aliphatic carbocycles. The average molecular weight is 333 g/mol. The van der Waals surface area contributed by atoms with E-state index in [2.05, 4.69) is 11.9 Å². The Bertz CT molecular complexity index is 550. The van der Waals surface area contributed by atoms with E-state index in [9.17, 15) is 9.90 Å². The van der Waals surface area contributed by atoms with Crippen molar-refractivity contribution in [2.45, 2.75) is 71.8 Å². The lowest BCUT2D eigenvalue weighted by Crippen LogP contribution is -2.30. The molecule has 1 aromatic heterocycles. The summed E-state index contributed by atoms with van der Waals surface area (Å²) in [7, 11) is 0. The molecule has 0 saturated carbocycles. The summed E-state index contributed by atoms with van der Waals surface area (Å²) in [6.07, 6.45) is 8.11. The molecule has 1 atom stereocenters. The van der Waals surface area contributed by atoms with Crippen LogP contribution in [-0.4, -0.2) is 28.6 Å². The summed E-state index contributed by atoms with van der Waals surface area (Å²) >= 11 is 0. The zero-order valence-electron chi connectivity index (χ0n) is 15.5. The van der Waals surface area contributed by atoms with Crippen LogP contribution in [0.25, 0.3) is 0 Å². The monoisotopic (exact) mass is 333 g/mol. The van der Waals surface area contributed by atoms with E-state index in [1.807, 2.05) is 20.8 Å². The number of aromatic nitrogens is 1. The molecule has 1 unspecified atom stereocenters. The molecule has 0 radical (unpaired) electrons. The molecule has 4 heteroatoms. The first-order valence-electron chi connectivity index (χ1n) is 9.05. The molecule has 134 valence electrons. The highest BCUT2D eigenvalue weighted by atomic mass is 16.5. The maximum Gasteiger partial charge on any atom is 0.172 e. The van der Waals surface area contributed by atoms with Gasteiger partial charge in [-0.1, -0.05) is 27.2 Å². The van der Waals surface area contributed by atoms with Gasteiger partial charge >= 0.3 is 0 Å². The Morgan fingerprint density at radius 2 is 2.04 bits per heavy atom. The normalized spacial score (nSPS) is 16.7. The predicted molar refractivity (Wildman–Crippen MR) is 97.5 cm³/mol. The van der Waals surface area contributed by atoms with Crippen LogP contribution in [0.15, 0.2) is 29.5 Å². The Labute approximate surface area is 146 Å². The van der Waals surface area contributed by atoms with Crippen LogP contribution in [-0.2, 0) is 0 Å². The highest BCUT2D eigenvalue weighted by Crippen LogP contribution is 2.35. The third-order valence-corrected chi connectivity index (χ3v) is 4.28. The second-order valence-electron chi connectivity index (χ2n) is 6.11. The van der Waals surface area contributed by atoms with Gasteiger partial charge in [-0.2, -0.15) is 0 Å². The summed E-state index contributed by atoms with van der Waals surface area (Å²) in [5.74, 6) is 0.505. The van der Waals surface area contributed by atoms with Crippen LogP contribution in [0.1, 0.15) is 76.7 Å². The van der Waals surface area contributed by atoms with Gasteiger partial charge in [-0.15, -0.1) is 0 Å². The summed E-state index contributed by atoms with van der Waals surface area (Å²) in [5, 5.41) is 10.7. The van der Waals surface area contributed by atoms with Crippen LogP contribution >= 0.6 is 0 Å². The topological polar surface area (TPSA) is 59.4 Å². The van der Waals surface area contributed by atoms with E-state index in [4.69, 9.17) is 4.74 Å². The highest BCUT2D eigenvalue weighted by Gasteiger charge is 2.29. The molecule has 0 bridgehead atoms. The number of carbonyl (C=O) groups is 1. The standard InChI is InChI=1S/C18H25NO3.C2H6/c1-3-10-18(2,21)15-8-5-4-7-14(15)13-22-17-9-6-11-19-16(17)12-20;1-2/h6,9,11-12,21H,3-5,7-8,10,13H2,1-2H3;1-2H3. The predicted octanol–water partition coefficient (Wildman–Crippen LogP) is 4.72. The van der Waals surface area contributed by atoms with Crippen LogP contribution in [0.3, 0.4) is 0 Å². The molecule has 2 rings (SSSR count). The second-order valence-corrected chi connectivity index (χ2v) is 6.11. The van der Waals surface area contributed by atoms with Gasteiger partial charge in [0.2, 0.25) is 0 Å². The van der Waals surface area contributed by atoms with Gasteiger partial charge in [-0.05, 0) is 62.3 Å². The number of carbonyl (C=O) groups excluding carboxylic acids is 1. The maximum absolute atomic E-state index is 11.0. The second kappa shape index (κ2) is 10.2. The first-order valence-corrected chi connectivity index (χ1v) is 9.05. The van der Waals surface area contributed by atoms with Gasteiger partial charge < -0.3 is 9.84 Å². The molecular weight excluding hydrogens is 302 g/mol. The highest BCUT2D eigenvalue weighted by molar-refractivity contribution is 5.76. The zero-order valence-corrected chi connectivity index (χ0v) is 15.5. The van der Waals surface area contributed by atoms with Gasteiger partial charge in [-0.25, -0.2) is 4.98 Å². The largest absolute Gasteiger partial charge is 0.487 e. The zero-order chi connectivity index (χ0) is 18.0. The Hall–Kier alpha value is -1.68. The average Bonchev–Trinajstić information content (AvgIpc) is 2.62. The van der Waals surface area contributed by atoms with Gasteiger partial charge in [0.15, 0.2) is 6.29 Å². The summed E-state index contributed by atoms with van der Waals surface area (Å²) in [5.41, 5.74) is 1.86. The number of ether oxygens (including phenoxy) is 1. The Balaban J connectivity index is 0.00000139. The van der Waals surface area contributed by atoms with Crippen molar-refractivity contribution in [1.82, 2.24) is 4.98 Å². The first-order chi connectivity index (χ1) is 11.6. The molecule has 0 aliphatic heterocycles. The number of aliphatic hydroxyl groups is 1. The lowest BCUT2D eigenvalue weighted by molar-refractivity contribution is 0.0800. The quantitative estimate of drug-likeness (QED) is 0.579. The van der Waals surface area contributed by atoms with Gasteiger partial charge in [0, 0.05) is 6.20 Å². The molecule has 0 aromatic carbocycles. The minimum atomic E-state index is -0.754. The van der Waals surface area contributed by atoms with E-state index in [-0.39, 0.29) is 0 Å². The number of aldehydes is 1. The Morgan fingerprint density at radius 3 is 2.71 bits per heavy atom. The van der Waals surface area contributed by atoms with Crippen molar-refractivity contribution in [3.05, 3.63) is 35.2 Å².